The first-order valence-corrected chi connectivity index (χ1v) is 15.4. The van der Waals surface area contributed by atoms with Crippen LogP contribution in [0.5, 0.6) is 0 Å². The van der Waals surface area contributed by atoms with E-state index in [0.29, 0.717) is 22.7 Å². The van der Waals surface area contributed by atoms with Gasteiger partial charge in [-0.3, -0.25) is 4.79 Å². The molecule has 0 aliphatic heterocycles. The molecular weight excluding hydrogens is 562 g/mol. The Morgan fingerprint density at radius 2 is 1.75 bits per heavy atom. The molecule has 200 valence electrons. The molecule has 4 aromatic carbocycles. The number of carbonyl (C=O) groups is 1. The SMILES string of the molecule is Cn1c(Cc2ccccc2)nnc1SCC(=O)Nc1ccc2nc(SCc3ccc(F)c4ccccc34)sc2c1. The number of fused-ring (bicyclic) bond motifs is 2. The first-order valence-electron chi connectivity index (χ1n) is 12.6. The number of amides is 1. The Morgan fingerprint density at radius 3 is 2.60 bits per heavy atom. The van der Waals surface area contributed by atoms with E-state index in [9.17, 15) is 9.18 Å². The lowest BCUT2D eigenvalue weighted by atomic mass is 10.1. The molecule has 0 unspecified atom stereocenters. The molecule has 1 N–H and O–H groups in total. The van der Waals surface area contributed by atoms with Crippen LogP contribution < -0.4 is 5.32 Å². The highest BCUT2D eigenvalue weighted by atomic mass is 32.2. The monoisotopic (exact) mass is 585 g/mol. The average molecular weight is 586 g/mol. The lowest BCUT2D eigenvalue weighted by molar-refractivity contribution is -0.113. The molecule has 6 aromatic rings. The summed E-state index contributed by atoms with van der Waals surface area (Å²) in [7, 11) is 1.92. The number of carbonyl (C=O) groups excluding carboxylic acids is 1. The molecule has 6 rings (SSSR count). The summed E-state index contributed by atoms with van der Waals surface area (Å²) in [6.07, 6.45) is 0.687. The molecule has 0 saturated carbocycles. The maximum Gasteiger partial charge on any atom is 0.234 e. The van der Waals surface area contributed by atoms with Gasteiger partial charge in [0.2, 0.25) is 5.91 Å². The number of halogens is 1. The van der Waals surface area contributed by atoms with E-state index in [1.807, 2.05) is 72.3 Å². The second-order valence-electron chi connectivity index (χ2n) is 9.16. The predicted molar refractivity (Wildman–Crippen MR) is 163 cm³/mol. The average Bonchev–Trinajstić information content (AvgIpc) is 3.54. The Kier molecular flexibility index (Phi) is 7.81. The smallest absolute Gasteiger partial charge is 0.234 e. The summed E-state index contributed by atoms with van der Waals surface area (Å²) in [5.74, 6) is 1.45. The molecule has 2 aromatic heterocycles. The van der Waals surface area contributed by atoms with Gasteiger partial charge in [-0.15, -0.1) is 21.5 Å². The van der Waals surface area contributed by atoms with Crippen LogP contribution in [0.15, 0.2) is 94.4 Å². The fourth-order valence-electron chi connectivity index (χ4n) is 4.36. The lowest BCUT2D eigenvalue weighted by Gasteiger charge is -2.06. The van der Waals surface area contributed by atoms with Gasteiger partial charge in [0.15, 0.2) is 9.50 Å². The normalized spacial score (nSPS) is 11.3. The first kappa shape index (κ1) is 26.5. The van der Waals surface area contributed by atoms with Crippen LogP contribution in [-0.4, -0.2) is 31.4 Å². The molecule has 0 atom stereocenters. The van der Waals surface area contributed by atoms with Crippen LogP contribution >= 0.6 is 34.9 Å². The zero-order valence-corrected chi connectivity index (χ0v) is 24.0. The molecule has 10 heteroatoms. The summed E-state index contributed by atoms with van der Waals surface area (Å²) in [4.78, 5) is 17.4. The molecule has 2 heterocycles. The second kappa shape index (κ2) is 11.8. The van der Waals surface area contributed by atoms with Gasteiger partial charge in [0.1, 0.15) is 11.6 Å². The van der Waals surface area contributed by atoms with Crippen molar-refractivity contribution in [1.29, 1.82) is 0 Å². The van der Waals surface area contributed by atoms with Crippen LogP contribution in [0.3, 0.4) is 0 Å². The standard InChI is InChI=1S/C30H24FN5OS3/c1-36-27(15-19-7-3-2-4-8-19)34-35-29(36)38-18-28(37)32-21-12-14-25-26(16-21)40-30(33-25)39-17-20-11-13-24(31)23-10-6-5-9-22(20)23/h2-14,16H,15,17-18H2,1H3,(H,32,37). The van der Waals surface area contributed by atoms with Crippen molar-refractivity contribution in [2.75, 3.05) is 11.1 Å². The topological polar surface area (TPSA) is 72.7 Å². The maximum atomic E-state index is 14.2. The van der Waals surface area contributed by atoms with Gasteiger partial charge in [-0.25, -0.2) is 9.37 Å². The van der Waals surface area contributed by atoms with Gasteiger partial charge in [0.25, 0.3) is 0 Å². The van der Waals surface area contributed by atoms with E-state index in [0.717, 1.165) is 42.6 Å². The van der Waals surface area contributed by atoms with Crippen LogP contribution in [0, 0.1) is 5.82 Å². The van der Waals surface area contributed by atoms with Gasteiger partial charge >= 0.3 is 0 Å². The van der Waals surface area contributed by atoms with E-state index >= 15 is 0 Å². The van der Waals surface area contributed by atoms with Gasteiger partial charge < -0.3 is 9.88 Å². The minimum Gasteiger partial charge on any atom is -0.325 e. The van der Waals surface area contributed by atoms with Crippen LogP contribution in [0.25, 0.3) is 21.0 Å². The molecule has 0 aliphatic rings. The minimum atomic E-state index is -0.207. The lowest BCUT2D eigenvalue weighted by Crippen LogP contribution is -2.14. The molecule has 0 radical (unpaired) electrons. The number of thioether (sulfide) groups is 2. The van der Waals surface area contributed by atoms with Gasteiger partial charge in [0.05, 0.1) is 16.0 Å². The second-order valence-corrected chi connectivity index (χ2v) is 12.4. The van der Waals surface area contributed by atoms with Crippen molar-refractivity contribution in [3.8, 4) is 0 Å². The molecule has 0 saturated heterocycles. The molecule has 40 heavy (non-hydrogen) atoms. The van der Waals surface area contributed by atoms with E-state index in [2.05, 4.69) is 27.6 Å². The van der Waals surface area contributed by atoms with E-state index in [1.54, 1.807) is 29.2 Å². The predicted octanol–water partition coefficient (Wildman–Crippen LogP) is 7.33. The van der Waals surface area contributed by atoms with Crippen molar-refractivity contribution in [2.24, 2.45) is 7.05 Å². The number of nitrogens with zero attached hydrogens (tertiary/aromatic N) is 4. The van der Waals surface area contributed by atoms with Crippen LogP contribution in [0.2, 0.25) is 0 Å². The summed E-state index contributed by atoms with van der Waals surface area (Å²) in [5.41, 5.74) is 3.84. The van der Waals surface area contributed by atoms with Crippen molar-refractivity contribution in [1.82, 2.24) is 19.7 Å². The summed E-state index contributed by atoms with van der Waals surface area (Å²) in [6.45, 7) is 0. The fourth-order valence-corrected chi connectivity index (χ4v) is 7.20. The third kappa shape index (κ3) is 5.89. The van der Waals surface area contributed by atoms with Gasteiger partial charge in [-0.05, 0) is 40.8 Å². The molecule has 6 nitrogen and oxygen atoms in total. The largest absolute Gasteiger partial charge is 0.325 e. The Morgan fingerprint density at radius 1 is 0.950 bits per heavy atom. The highest BCUT2D eigenvalue weighted by molar-refractivity contribution is 8.00. The Balaban J connectivity index is 1.06. The zero-order valence-electron chi connectivity index (χ0n) is 21.5. The van der Waals surface area contributed by atoms with Crippen molar-refractivity contribution in [3.63, 3.8) is 0 Å². The van der Waals surface area contributed by atoms with Crippen LogP contribution in [0.4, 0.5) is 10.1 Å². The summed E-state index contributed by atoms with van der Waals surface area (Å²) < 4.78 is 18.0. The Hall–Kier alpha value is -3.73. The van der Waals surface area contributed by atoms with Gasteiger partial charge in [0, 0.05) is 30.3 Å². The quantitative estimate of drug-likeness (QED) is 0.179. The third-order valence-electron chi connectivity index (χ3n) is 6.43. The van der Waals surface area contributed by atoms with E-state index < -0.39 is 0 Å². The molecular formula is C30H24FN5OS3. The van der Waals surface area contributed by atoms with E-state index in [4.69, 9.17) is 4.98 Å². The highest BCUT2D eigenvalue weighted by Gasteiger charge is 2.13. The Bertz CT molecular complexity index is 1820. The first-order chi connectivity index (χ1) is 19.5. The minimum absolute atomic E-state index is 0.112. The third-order valence-corrected chi connectivity index (χ3v) is 9.66. The van der Waals surface area contributed by atoms with E-state index in [-0.39, 0.29) is 17.5 Å². The Labute approximate surface area is 243 Å². The number of benzene rings is 4. The molecule has 0 spiro atoms. The number of aromatic nitrogens is 4. The van der Waals surface area contributed by atoms with Gasteiger partial charge in [-0.2, -0.15) is 0 Å². The maximum absolute atomic E-state index is 14.2. The van der Waals surface area contributed by atoms with Crippen molar-refractivity contribution in [2.45, 2.75) is 21.7 Å². The van der Waals surface area contributed by atoms with Gasteiger partial charge in [-0.1, -0.05) is 84.2 Å². The summed E-state index contributed by atoms with van der Waals surface area (Å²) >= 11 is 4.57. The van der Waals surface area contributed by atoms with Crippen molar-refractivity contribution >= 4 is 67.4 Å². The number of hydrogen-bond donors (Lipinski definition) is 1. The number of thiazole rings is 1. The number of anilines is 1. The van der Waals surface area contributed by atoms with Crippen LogP contribution in [0.1, 0.15) is 17.0 Å². The van der Waals surface area contributed by atoms with Crippen molar-refractivity contribution < 1.29 is 9.18 Å². The molecule has 0 aliphatic carbocycles. The fraction of sp³-hybridized carbons (Fsp3) is 0.133. The molecule has 1 amide bonds. The molecule has 0 fully saturated rings. The number of rotatable bonds is 9. The summed E-state index contributed by atoms with van der Waals surface area (Å²) in [6, 6.07) is 26.8. The van der Waals surface area contributed by atoms with Crippen LogP contribution in [-0.2, 0) is 24.0 Å². The number of nitrogens with one attached hydrogen (secondary N) is 1. The highest BCUT2D eigenvalue weighted by Crippen LogP contribution is 2.34. The number of hydrogen-bond acceptors (Lipinski definition) is 7. The van der Waals surface area contributed by atoms with Crippen molar-refractivity contribution in [3.05, 3.63) is 108 Å². The van der Waals surface area contributed by atoms with E-state index in [1.165, 1.54) is 17.8 Å². The summed E-state index contributed by atoms with van der Waals surface area (Å²) in [5, 5.41) is 13.8. The molecule has 0 bridgehead atoms. The zero-order chi connectivity index (χ0) is 27.5.